The number of nitrogens with one attached hydrogen (secondary N) is 2. The van der Waals surface area contributed by atoms with Crippen LogP contribution in [0.25, 0.3) is 10.9 Å². The predicted molar refractivity (Wildman–Crippen MR) is 94.6 cm³/mol. The summed E-state index contributed by atoms with van der Waals surface area (Å²) >= 11 is 0. The Kier molecular flexibility index (Phi) is 3.46. The zero-order valence-electron chi connectivity index (χ0n) is 14.8. The summed E-state index contributed by atoms with van der Waals surface area (Å²) in [7, 11) is 0. The summed E-state index contributed by atoms with van der Waals surface area (Å²) in [6, 6.07) is 8.55. The molecular formula is C19H26N4O. The molecule has 1 saturated carbocycles. The number of fused-ring (bicyclic) bond motifs is 2. The van der Waals surface area contributed by atoms with Crippen molar-refractivity contribution in [2.45, 2.75) is 39.3 Å². The highest BCUT2D eigenvalue weighted by Gasteiger charge is 2.57. The van der Waals surface area contributed by atoms with Gasteiger partial charge >= 0.3 is 0 Å². The molecular weight excluding hydrogens is 300 g/mol. The van der Waals surface area contributed by atoms with E-state index in [1.807, 2.05) is 16.8 Å². The van der Waals surface area contributed by atoms with Crippen molar-refractivity contribution in [3.8, 4) is 0 Å². The second-order valence-electron chi connectivity index (χ2n) is 8.03. The molecule has 1 aliphatic heterocycles. The zero-order valence-corrected chi connectivity index (χ0v) is 14.8. The first kappa shape index (κ1) is 15.6. The molecule has 0 bridgehead atoms. The van der Waals surface area contributed by atoms with Crippen LogP contribution in [0.4, 0.5) is 0 Å². The van der Waals surface area contributed by atoms with Crippen molar-refractivity contribution in [2.75, 3.05) is 13.1 Å². The molecule has 0 spiro atoms. The van der Waals surface area contributed by atoms with Crippen molar-refractivity contribution < 1.29 is 4.79 Å². The van der Waals surface area contributed by atoms with Gasteiger partial charge in [-0.25, -0.2) is 0 Å². The Morgan fingerprint density at radius 3 is 2.62 bits per heavy atom. The maximum Gasteiger partial charge on any atom is 0.224 e. The van der Waals surface area contributed by atoms with Crippen molar-refractivity contribution in [1.29, 1.82) is 0 Å². The van der Waals surface area contributed by atoms with Crippen LogP contribution in [0.5, 0.6) is 0 Å². The molecule has 2 atom stereocenters. The number of benzene rings is 1. The summed E-state index contributed by atoms with van der Waals surface area (Å²) in [5, 5.41) is 12.6. The van der Waals surface area contributed by atoms with Crippen LogP contribution >= 0.6 is 0 Å². The van der Waals surface area contributed by atoms with Crippen LogP contribution in [0, 0.1) is 17.8 Å². The Morgan fingerprint density at radius 1 is 1.29 bits per heavy atom. The van der Waals surface area contributed by atoms with E-state index < -0.39 is 5.54 Å². The Labute approximate surface area is 142 Å². The average molecular weight is 326 g/mol. The standard InChI is InChI=1S/C19H26N4O/c1-11(2)23-15-8-6-5-7-12(15)17(22-23)19(3,4)21-18(24)16-13-9-20-10-14(13)16/h5-8,11,13-14,16,20H,9-10H2,1-4H3,(H,21,24). The van der Waals surface area contributed by atoms with E-state index in [4.69, 9.17) is 5.10 Å². The van der Waals surface area contributed by atoms with E-state index >= 15 is 0 Å². The number of amides is 1. The summed E-state index contributed by atoms with van der Waals surface area (Å²) in [6.07, 6.45) is 0. The SMILES string of the molecule is CC(C)n1nc(C(C)(C)NC(=O)C2C3CNCC32)c2ccccc21. The van der Waals surface area contributed by atoms with Crippen LogP contribution < -0.4 is 10.6 Å². The third-order valence-electron chi connectivity index (χ3n) is 5.53. The second kappa shape index (κ2) is 5.31. The lowest BCUT2D eigenvalue weighted by Gasteiger charge is -2.25. The number of para-hydroxylation sites is 1. The van der Waals surface area contributed by atoms with Gasteiger partial charge in [-0.1, -0.05) is 18.2 Å². The van der Waals surface area contributed by atoms with Crippen molar-refractivity contribution >= 4 is 16.8 Å². The number of nitrogens with zero attached hydrogens (tertiary/aromatic N) is 2. The molecule has 1 saturated heterocycles. The maximum atomic E-state index is 12.7. The fourth-order valence-corrected chi connectivity index (χ4v) is 4.20. The number of hydrogen-bond donors (Lipinski definition) is 2. The smallest absolute Gasteiger partial charge is 0.224 e. The van der Waals surface area contributed by atoms with Gasteiger partial charge in [0.2, 0.25) is 5.91 Å². The van der Waals surface area contributed by atoms with Gasteiger partial charge in [0, 0.05) is 17.3 Å². The van der Waals surface area contributed by atoms with E-state index in [9.17, 15) is 4.79 Å². The molecule has 0 radical (unpaired) electrons. The van der Waals surface area contributed by atoms with Gasteiger partial charge in [0.05, 0.1) is 16.7 Å². The van der Waals surface area contributed by atoms with Crippen molar-refractivity contribution in [2.24, 2.45) is 17.8 Å². The molecule has 24 heavy (non-hydrogen) atoms. The van der Waals surface area contributed by atoms with E-state index in [1.165, 1.54) is 0 Å². The molecule has 1 aliphatic carbocycles. The molecule has 1 amide bonds. The second-order valence-corrected chi connectivity index (χ2v) is 8.03. The van der Waals surface area contributed by atoms with Gasteiger partial charge in [0.1, 0.15) is 0 Å². The minimum absolute atomic E-state index is 0.180. The summed E-state index contributed by atoms with van der Waals surface area (Å²) in [5.41, 5.74) is 1.59. The van der Waals surface area contributed by atoms with Gasteiger partial charge in [-0.05, 0) is 58.7 Å². The van der Waals surface area contributed by atoms with Crippen LogP contribution in [0.2, 0.25) is 0 Å². The summed E-state index contributed by atoms with van der Waals surface area (Å²) < 4.78 is 2.05. The van der Waals surface area contributed by atoms with Gasteiger partial charge in [-0.2, -0.15) is 5.10 Å². The van der Waals surface area contributed by atoms with Gasteiger partial charge in [-0.15, -0.1) is 0 Å². The van der Waals surface area contributed by atoms with E-state index in [-0.39, 0.29) is 17.9 Å². The quantitative estimate of drug-likeness (QED) is 0.907. The largest absolute Gasteiger partial charge is 0.345 e. The Balaban J connectivity index is 1.64. The Hall–Kier alpha value is -1.88. The summed E-state index contributed by atoms with van der Waals surface area (Å²) in [4.78, 5) is 12.7. The lowest BCUT2D eigenvalue weighted by atomic mass is 9.96. The molecule has 2 aliphatic rings. The average Bonchev–Trinajstić information content (AvgIpc) is 2.87. The minimum Gasteiger partial charge on any atom is -0.345 e. The first-order valence-electron chi connectivity index (χ1n) is 8.90. The van der Waals surface area contributed by atoms with Crippen molar-refractivity contribution in [3.05, 3.63) is 30.0 Å². The zero-order chi connectivity index (χ0) is 17.1. The molecule has 2 heterocycles. The molecule has 1 aromatic heterocycles. The van der Waals surface area contributed by atoms with Gasteiger partial charge in [0.15, 0.2) is 0 Å². The number of piperidine rings is 1. The van der Waals surface area contributed by atoms with Gasteiger partial charge in [0.25, 0.3) is 0 Å². The highest BCUT2D eigenvalue weighted by atomic mass is 16.2. The minimum atomic E-state index is -0.485. The lowest BCUT2D eigenvalue weighted by molar-refractivity contribution is -0.124. The van der Waals surface area contributed by atoms with E-state index in [0.29, 0.717) is 11.8 Å². The summed E-state index contributed by atoms with van der Waals surface area (Å²) in [5.74, 6) is 1.43. The molecule has 1 aromatic carbocycles. The molecule has 5 nitrogen and oxygen atoms in total. The third kappa shape index (κ3) is 2.34. The fourth-order valence-electron chi connectivity index (χ4n) is 4.20. The van der Waals surface area contributed by atoms with Crippen LogP contribution in [0.3, 0.4) is 0 Å². The third-order valence-corrected chi connectivity index (χ3v) is 5.53. The molecule has 2 unspecified atom stereocenters. The monoisotopic (exact) mass is 326 g/mol. The highest BCUT2D eigenvalue weighted by molar-refractivity contribution is 5.86. The molecule has 2 aromatic rings. The number of carbonyl (C=O) groups excluding carboxylic acids is 1. The van der Waals surface area contributed by atoms with E-state index in [2.05, 4.69) is 50.5 Å². The number of hydrogen-bond acceptors (Lipinski definition) is 3. The van der Waals surface area contributed by atoms with Gasteiger partial charge < -0.3 is 10.6 Å². The number of rotatable bonds is 4. The molecule has 128 valence electrons. The lowest BCUT2D eigenvalue weighted by Crippen LogP contribution is -2.43. The number of carbonyl (C=O) groups is 1. The predicted octanol–water partition coefficient (Wildman–Crippen LogP) is 2.43. The Morgan fingerprint density at radius 2 is 1.96 bits per heavy atom. The normalized spacial score (nSPS) is 26.0. The Bertz CT molecular complexity index is 782. The maximum absolute atomic E-state index is 12.7. The van der Waals surface area contributed by atoms with E-state index in [0.717, 1.165) is 29.7 Å². The van der Waals surface area contributed by atoms with Crippen LogP contribution in [-0.2, 0) is 10.3 Å². The molecule has 2 fully saturated rings. The number of aromatic nitrogens is 2. The van der Waals surface area contributed by atoms with E-state index in [1.54, 1.807) is 0 Å². The molecule has 4 rings (SSSR count). The van der Waals surface area contributed by atoms with Gasteiger partial charge in [-0.3, -0.25) is 9.48 Å². The summed E-state index contributed by atoms with van der Waals surface area (Å²) in [6.45, 7) is 10.3. The topological polar surface area (TPSA) is 59.0 Å². The first-order valence-corrected chi connectivity index (χ1v) is 8.90. The van der Waals surface area contributed by atoms with Crippen molar-refractivity contribution in [3.63, 3.8) is 0 Å². The molecule has 2 N–H and O–H groups in total. The van der Waals surface area contributed by atoms with Crippen LogP contribution in [0.15, 0.2) is 24.3 Å². The fraction of sp³-hybridized carbons (Fsp3) is 0.579. The molecule has 5 heteroatoms. The van der Waals surface area contributed by atoms with Crippen molar-refractivity contribution in [1.82, 2.24) is 20.4 Å². The van der Waals surface area contributed by atoms with Crippen LogP contribution in [0.1, 0.15) is 39.4 Å². The van der Waals surface area contributed by atoms with Crippen LogP contribution in [-0.4, -0.2) is 28.8 Å². The highest BCUT2D eigenvalue weighted by Crippen LogP contribution is 2.49. The first-order chi connectivity index (χ1) is 11.4.